The number of hydrogen-bond donors (Lipinski definition) is 1. The largest absolute Gasteiger partial charge is 0.322 e. The summed E-state index contributed by atoms with van der Waals surface area (Å²) in [5, 5.41) is 2.80. The van der Waals surface area contributed by atoms with Gasteiger partial charge in [0.05, 0.1) is 0 Å². The van der Waals surface area contributed by atoms with Crippen LogP contribution in [-0.2, 0) is 0 Å². The molecule has 0 bridgehead atoms. The van der Waals surface area contributed by atoms with Gasteiger partial charge in [0.15, 0.2) is 0 Å². The van der Waals surface area contributed by atoms with Crippen LogP contribution in [0.4, 0.5) is 10.1 Å². The molecule has 0 fully saturated rings. The van der Waals surface area contributed by atoms with Crippen molar-refractivity contribution >= 4 is 27.5 Å². The van der Waals surface area contributed by atoms with Crippen molar-refractivity contribution in [1.29, 1.82) is 0 Å². The molecule has 2 aromatic rings. The maximum Gasteiger partial charge on any atom is 0.255 e. The van der Waals surface area contributed by atoms with Gasteiger partial charge < -0.3 is 5.32 Å². The minimum Gasteiger partial charge on any atom is -0.322 e. The normalized spacial score (nSPS) is 10.2. The smallest absolute Gasteiger partial charge is 0.255 e. The molecule has 1 N–H and O–H groups in total. The van der Waals surface area contributed by atoms with Gasteiger partial charge in [0.25, 0.3) is 5.91 Å². The first kappa shape index (κ1) is 12.8. The van der Waals surface area contributed by atoms with Crippen LogP contribution in [0.2, 0.25) is 0 Å². The number of benzene rings is 2. The summed E-state index contributed by atoms with van der Waals surface area (Å²) in [7, 11) is 0. The maximum absolute atomic E-state index is 12.8. The molecule has 0 saturated carbocycles. The van der Waals surface area contributed by atoms with Crippen LogP contribution in [0, 0.1) is 12.7 Å². The lowest BCUT2D eigenvalue weighted by Crippen LogP contribution is -2.12. The van der Waals surface area contributed by atoms with E-state index < -0.39 is 0 Å². The average Bonchev–Trinajstić information content (AvgIpc) is 2.34. The van der Waals surface area contributed by atoms with Crippen molar-refractivity contribution < 1.29 is 9.18 Å². The molecule has 0 heterocycles. The first-order chi connectivity index (χ1) is 8.56. The van der Waals surface area contributed by atoms with Crippen LogP contribution in [-0.4, -0.2) is 5.91 Å². The Morgan fingerprint density at radius 1 is 1.17 bits per heavy atom. The van der Waals surface area contributed by atoms with Gasteiger partial charge in [0.1, 0.15) is 5.82 Å². The van der Waals surface area contributed by atoms with Gasteiger partial charge >= 0.3 is 0 Å². The van der Waals surface area contributed by atoms with Crippen LogP contribution < -0.4 is 5.32 Å². The van der Waals surface area contributed by atoms with E-state index in [-0.39, 0.29) is 11.7 Å². The van der Waals surface area contributed by atoms with E-state index in [1.165, 1.54) is 24.3 Å². The SMILES string of the molecule is Cc1ccc(Br)cc1NC(=O)c1ccc(F)cc1. The van der Waals surface area contributed by atoms with Gasteiger partial charge in [-0.2, -0.15) is 0 Å². The predicted octanol–water partition coefficient (Wildman–Crippen LogP) is 4.15. The third kappa shape index (κ3) is 2.96. The average molecular weight is 308 g/mol. The molecule has 18 heavy (non-hydrogen) atoms. The van der Waals surface area contributed by atoms with Crippen LogP contribution in [0.15, 0.2) is 46.9 Å². The van der Waals surface area contributed by atoms with Crippen molar-refractivity contribution in [1.82, 2.24) is 0 Å². The number of nitrogens with one attached hydrogen (secondary N) is 1. The maximum atomic E-state index is 12.8. The molecule has 0 aliphatic heterocycles. The highest BCUT2D eigenvalue weighted by Crippen LogP contribution is 2.21. The lowest BCUT2D eigenvalue weighted by molar-refractivity contribution is 0.102. The highest BCUT2D eigenvalue weighted by atomic mass is 79.9. The quantitative estimate of drug-likeness (QED) is 0.887. The Bertz CT molecular complexity index is 581. The zero-order valence-electron chi connectivity index (χ0n) is 9.71. The molecule has 1 amide bonds. The number of carbonyl (C=O) groups excluding carboxylic acids is 1. The highest BCUT2D eigenvalue weighted by Gasteiger charge is 2.08. The fourth-order valence-corrected chi connectivity index (χ4v) is 1.89. The van der Waals surface area contributed by atoms with E-state index in [2.05, 4.69) is 21.2 Å². The van der Waals surface area contributed by atoms with E-state index in [1.54, 1.807) is 0 Å². The van der Waals surface area contributed by atoms with Crippen molar-refractivity contribution in [3.63, 3.8) is 0 Å². The van der Waals surface area contributed by atoms with Gasteiger partial charge in [-0.3, -0.25) is 4.79 Å². The summed E-state index contributed by atoms with van der Waals surface area (Å²) in [6, 6.07) is 11.1. The molecule has 0 aliphatic carbocycles. The van der Waals surface area contributed by atoms with Crippen molar-refractivity contribution in [2.75, 3.05) is 5.32 Å². The minimum atomic E-state index is -0.356. The molecule has 0 saturated heterocycles. The van der Waals surface area contributed by atoms with Crippen molar-refractivity contribution in [2.24, 2.45) is 0 Å². The Balaban J connectivity index is 2.21. The summed E-state index contributed by atoms with van der Waals surface area (Å²) < 4.78 is 13.6. The predicted molar refractivity (Wildman–Crippen MR) is 73.2 cm³/mol. The second kappa shape index (κ2) is 5.31. The zero-order chi connectivity index (χ0) is 13.1. The summed E-state index contributed by atoms with van der Waals surface area (Å²) in [6.07, 6.45) is 0. The number of rotatable bonds is 2. The third-order valence-electron chi connectivity index (χ3n) is 2.55. The number of hydrogen-bond acceptors (Lipinski definition) is 1. The summed E-state index contributed by atoms with van der Waals surface area (Å²) >= 11 is 3.35. The van der Waals surface area contributed by atoms with Crippen LogP contribution in [0.3, 0.4) is 0 Å². The van der Waals surface area contributed by atoms with Crippen molar-refractivity contribution in [3.8, 4) is 0 Å². The monoisotopic (exact) mass is 307 g/mol. The Morgan fingerprint density at radius 3 is 2.50 bits per heavy atom. The first-order valence-electron chi connectivity index (χ1n) is 5.39. The standard InChI is InChI=1S/C14H11BrFNO/c1-9-2-5-11(15)8-13(9)17-14(18)10-3-6-12(16)7-4-10/h2-8H,1H3,(H,17,18). The Morgan fingerprint density at radius 2 is 1.83 bits per heavy atom. The van der Waals surface area contributed by atoms with E-state index >= 15 is 0 Å². The molecule has 2 aromatic carbocycles. The zero-order valence-corrected chi connectivity index (χ0v) is 11.3. The summed E-state index contributed by atoms with van der Waals surface area (Å²) in [4.78, 5) is 11.9. The number of aryl methyl sites for hydroxylation is 1. The van der Waals surface area contributed by atoms with Crippen LogP contribution in [0.5, 0.6) is 0 Å². The minimum absolute atomic E-state index is 0.254. The third-order valence-corrected chi connectivity index (χ3v) is 3.05. The van der Waals surface area contributed by atoms with Gasteiger partial charge in [-0.05, 0) is 48.9 Å². The molecule has 92 valence electrons. The Kier molecular flexibility index (Phi) is 3.77. The molecular formula is C14H11BrFNO. The van der Waals surface area contributed by atoms with Crippen molar-refractivity contribution in [2.45, 2.75) is 6.92 Å². The Hall–Kier alpha value is -1.68. The molecule has 0 unspecified atom stereocenters. The summed E-state index contributed by atoms with van der Waals surface area (Å²) in [5.74, 6) is -0.610. The van der Waals surface area contributed by atoms with Gasteiger partial charge in [-0.25, -0.2) is 4.39 Å². The van der Waals surface area contributed by atoms with E-state index in [1.807, 2.05) is 25.1 Å². The van der Waals surface area contributed by atoms with Crippen LogP contribution >= 0.6 is 15.9 Å². The van der Waals surface area contributed by atoms with E-state index in [0.717, 1.165) is 15.7 Å². The molecule has 0 radical (unpaired) electrons. The topological polar surface area (TPSA) is 29.1 Å². The number of carbonyl (C=O) groups is 1. The van der Waals surface area contributed by atoms with Crippen LogP contribution in [0.1, 0.15) is 15.9 Å². The van der Waals surface area contributed by atoms with Gasteiger partial charge in [0.2, 0.25) is 0 Å². The van der Waals surface area contributed by atoms with Crippen LogP contribution in [0.25, 0.3) is 0 Å². The van der Waals surface area contributed by atoms with Gasteiger partial charge in [-0.15, -0.1) is 0 Å². The van der Waals surface area contributed by atoms with E-state index in [4.69, 9.17) is 0 Å². The fourth-order valence-electron chi connectivity index (χ4n) is 1.52. The molecule has 4 heteroatoms. The number of amides is 1. The number of halogens is 2. The lowest BCUT2D eigenvalue weighted by Gasteiger charge is -2.08. The first-order valence-corrected chi connectivity index (χ1v) is 6.18. The second-order valence-electron chi connectivity index (χ2n) is 3.92. The molecular weight excluding hydrogens is 297 g/mol. The fraction of sp³-hybridized carbons (Fsp3) is 0.0714. The van der Waals surface area contributed by atoms with E-state index in [0.29, 0.717) is 5.56 Å². The molecule has 0 aliphatic rings. The molecule has 2 nitrogen and oxygen atoms in total. The molecule has 0 aromatic heterocycles. The molecule has 0 spiro atoms. The van der Waals surface area contributed by atoms with Gasteiger partial charge in [-0.1, -0.05) is 22.0 Å². The van der Waals surface area contributed by atoms with Gasteiger partial charge in [0, 0.05) is 15.7 Å². The van der Waals surface area contributed by atoms with Crippen molar-refractivity contribution in [3.05, 3.63) is 63.9 Å². The van der Waals surface area contributed by atoms with E-state index in [9.17, 15) is 9.18 Å². The summed E-state index contributed by atoms with van der Waals surface area (Å²) in [6.45, 7) is 1.91. The second-order valence-corrected chi connectivity index (χ2v) is 4.84. The lowest BCUT2D eigenvalue weighted by atomic mass is 10.1. The molecule has 0 atom stereocenters. The molecule has 2 rings (SSSR count). The highest BCUT2D eigenvalue weighted by molar-refractivity contribution is 9.10. The number of anilines is 1. The Labute approximate surface area is 113 Å². The summed E-state index contributed by atoms with van der Waals surface area (Å²) in [5.41, 5.74) is 2.13.